The Morgan fingerprint density at radius 3 is 2.30 bits per heavy atom. The Morgan fingerprint density at radius 2 is 1.64 bits per heavy atom. The Hall–Kier alpha value is -2.37. The summed E-state index contributed by atoms with van der Waals surface area (Å²) < 4.78 is 16.1. The van der Waals surface area contributed by atoms with Crippen LogP contribution in [0.1, 0.15) is 20.3 Å². The first kappa shape index (κ1) is 28.7. The first-order valence-corrected chi connectivity index (χ1v) is 10.8. The number of hydrogen-bond acceptors (Lipinski definition) is 5. The topological polar surface area (TPSA) is 93.2 Å². The molecule has 2 aromatic rings. The predicted molar refractivity (Wildman–Crippen MR) is 144 cm³/mol. The summed E-state index contributed by atoms with van der Waals surface area (Å²) in [5, 5.41) is 9.31. The van der Waals surface area contributed by atoms with Gasteiger partial charge in [-0.2, -0.15) is 0 Å². The summed E-state index contributed by atoms with van der Waals surface area (Å²) in [4.78, 5) is 16.7. The van der Waals surface area contributed by atoms with Gasteiger partial charge in [-0.05, 0) is 56.7 Å². The maximum atomic E-state index is 12.3. The number of rotatable bonds is 13. The number of methoxy groups -OCH3 is 1. The minimum atomic E-state index is -0.194. The molecule has 9 heteroatoms. The van der Waals surface area contributed by atoms with Gasteiger partial charge in [0.15, 0.2) is 5.96 Å². The lowest BCUT2D eigenvalue weighted by Crippen LogP contribution is -2.33. The largest absolute Gasteiger partial charge is 0.491 e. The van der Waals surface area contributed by atoms with Crippen molar-refractivity contribution < 1.29 is 19.0 Å². The average molecular weight is 570 g/mol. The first-order chi connectivity index (χ1) is 15.6. The van der Waals surface area contributed by atoms with Crippen molar-refractivity contribution in [1.82, 2.24) is 5.32 Å². The number of nitrogens with one attached hydrogen (secondary N) is 3. The zero-order valence-electron chi connectivity index (χ0n) is 19.5. The van der Waals surface area contributed by atoms with Crippen molar-refractivity contribution >= 4 is 47.2 Å². The highest BCUT2D eigenvalue weighted by molar-refractivity contribution is 14.0. The van der Waals surface area contributed by atoms with Crippen LogP contribution in [0.25, 0.3) is 0 Å². The molecule has 0 fully saturated rings. The fraction of sp³-hybridized carbons (Fsp3) is 0.417. The molecule has 33 heavy (non-hydrogen) atoms. The third-order valence-electron chi connectivity index (χ3n) is 4.12. The van der Waals surface area contributed by atoms with Gasteiger partial charge in [-0.15, -0.1) is 24.0 Å². The van der Waals surface area contributed by atoms with E-state index < -0.39 is 0 Å². The molecule has 2 aromatic carbocycles. The summed E-state index contributed by atoms with van der Waals surface area (Å²) in [5.41, 5.74) is 1.58. The lowest BCUT2D eigenvalue weighted by Gasteiger charge is -2.14. The molecule has 0 saturated carbocycles. The van der Waals surface area contributed by atoms with E-state index in [1.54, 1.807) is 7.11 Å². The van der Waals surface area contributed by atoms with Gasteiger partial charge in [0.2, 0.25) is 5.91 Å². The molecule has 0 heterocycles. The fourth-order valence-corrected chi connectivity index (χ4v) is 2.66. The number of guanidine groups is 1. The van der Waals surface area contributed by atoms with E-state index in [2.05, 4.69) is 20.9 Å². The predicted octanol–water partition coefficient (Wildman–Crippen LogP) is 4.14. The summed E-state index contributed by atoms with van der Waals surface area (Å²) in [6, 6.07) is 16.9. The number of carbonyl (C=O) groups is 1. The van der Waals surface area contributed by atoms with Crippen molar-refractivity contribution in [3.8, 4) is 5.75 Å². The van der Waals surface area contributed by atoms with Crippen LogP contribution < -0.4 is 20.7 Å². The van der Waals surface area contributed by atoms with Crippen molar-refractivity contribution in [2.24, 2.45) is 4.99 Å². The van der Waals surface area contributed by atoms with E-state index >= 15 is 0 Å². The van der Waals surface area contributed by atoms with Crippen LogP contribution in [0, 0.1) is 0 Å². The lowest BCUT2D eigenvalue weighted by atomic mass is 10.3. The third-order valence-corrected chi connectivity index (χ3v) is 4.12. The molecule has 0 aliphatic carbocycles. The average Bonchev–Trinajstić information content (AvgIpc) is 2.78. The van der Waals surface area contributed by atoms with Gasteiger partial charge in [-0.3, -0.25) is 4.79 Å². The summed E-state index contributed by atoms with van der Waals surface area (Å²) in [5.74, 6) is 1.12. The number of halogens is 1. The van der Waals surface area contributed by atoms with Crippen LogP contribution in [0.5, 0.6) is 5.75 Å². The molecule has 0 radical (unpaired) electrons. The number of aliphatic imine (C=N–C) groups is 1. The Bertz CT molecular complexity index is 817. The van der Waals surface area contributed by atoms with Crippen LogP contribution in [0.2, 0.25) is 0 Å². The van der Waals surface area contributed by atoms with Gasteiger partial charge in [0, 0.05) is 31.6 Å². The SMILES string of the molecule is COCCOCCCNC(=NCC(=O)Nc1ccccc1)Nc1ccc(OC(C)C)cc1.I. The highest BCUT2D eigenvalue weighted by Crippen LogP contribution is 2.16. The Morgan fingerprint density at radius 1 is 0.939 bits per heavy atom. The molecular weight excluding hydrogens is 535 g/mol. The van der Waals surface area contributed by atoms with Crippen LogP contribution in [-0.2, 0) is 14.3 Å². The highest BCUT2D eigenvalue weighted by atomic mass is 127. The molecule has 3 N–H and O–H groups in total. The number of hydrogen-bond donors (Lipinski definition) is 3. The van der Waals surface area contributed by atoms with Crippen molar-refractivity contribution in [2.45, 2.75) is 26.4 Å². The molecule has 1 amide bonds. The van der Waals surface area contributed by atoms with Gasteiger partial charge >= 0.3 is 0 Å². The summed E-state index contributed by atoms with van der Waals surface area (Å²) >= 11 is 0. The molecule has 2 rings (SSSR count). The zero-order valence-corrected chi connectivity index (χ0v) is 21.8. The Labute approximate surface area is 213 Å². The number of nitrogens with zero attached hydrogens (tertiary/aromatic N) is 1. The van der Waals surface area contributed by atoms with Crippen LogP contribution in [-0.4, -0.2) is 58.0 Å². The van der Waals surface area contributed by atoms with Crippen molar-refractivity contribution in [3.63, 3.8) is 0 Å². The van der Waals surface area contributed by atoms with Crippen molar-refractivity contribution in [3.05, 3.63) is 54.6 Å². The maximum Gasteiger partial charge on any atom is 0.246 e. The molecule has 0 aliphatic rings. The number of benzene rings is 2. The van der Waals surface area contributed by atoms with E-state index in [0.717, 1.165) is 23.5 Å². The van der Waals surface area contributed by atoms with Gasteiger partial charge in [0.1, 0.15) is 12.3 Å². The Kier molecular flexibility index (Phi) is 14.9. The number of carbonyl (C=O) groups excluding carboxylic acids is 1. The van der Waals surface area contributed by atoms with E-state index in [1.165, 1.54) is 0 Å². The van der Waals surface area contributed by atoms with Crippen molar-refractivity contribution in [1.29, 1.82) is 0 Å². The van der Waals surface area contributed by atoms with Crippen LogP contribution in [0.15, 0.2) is 59.6 Å². The smallest absolute Gasteiger partial charge is 0.246 e. The van der Waals surface area contributed by atoms with E-state index in [4.69, 9.17) is 14.2 Å². The van der Waals surface area contributed by atoms with E-state index in [0.29, 0.717) is 32.3 Å². The molecule has 0 aromatic heterocycles. The third kappa shape index (κ3) is 13.1. The van der Waals surface area contributed by atoms with Crippen LogP contribution in [0.3, 0.4) is 0 Å². The lowest BCUT2D eigenvalue weighted by molar-refractivity contribution is -0.114. The van der Waals surface area contributed by atoms with E-state index in [-0.39, 0.29) is 42.5 Å². The molecule has 0 spiro atoms. The Balaban J connectivity index is 0.00000544. The second-order valence-corrected chi connectivity index (χ2v) is 7.28. The molecule has 182 valence electrons. The van der Waals surface area contributed by atoms with Crippen LogP contribution in [0.4, 0.5) is 11.4 Å². The quantitative estimate of drug-likeness (QED) is 0.145. The molecule has 0 saturated heterocycles. The standard InChI is InChI=1S/C24H34N4O4.HI/c1-19(2)32-22-12-10-21(11-13-22)28-24(25-14-7-15-31-17-16-30-3)26-18-23(29)27-20-8-5-4-6-9-20;/h4-6,8-13,19H,7,14-18H2,1-3H3,(H,27,29)(H2,25,26,28);1H. The van der Waals surface area contributed by atoms with Gasteiger partial charge in [-0.25, -0.2) is 4.99 Å². The molecular formula is C24H35IN4O4. The van der Waals surface area contributed by atoms with Crippen LogP contribution >= 0.6 is 24.0 Å². The second kappa shape index (κ2) is 17.2. The molecule has 8 nitrogen and oxygen atoms in total. The number of para-hydroxylation sites is 1. The number of ether oxygens (including phenoxy) is 3. The molecule has 0 unspecified atom stereocenters. The van der Waals surface area contributed by atoms with Gasteiger partial charge in [0.05, 0.1) is 19.3 Å². The van der Waals surface area contributed by atoms with Gasteiger partial charge < -0.3 is 30.2 Å². The zero-order chi connectivity index (χ0) is 23.0. The molecule has 0 atom stereocenters. The van der Waals surface area contributed by atoms with E-state index in [1.807, 2.05) is 68.4 Å². The second-order valence-electron chi connectivity index (χ2n) is 7.28. The maximum absolute atomic E-state index is 12.3. The van der Waals surface area contributed by atoms with E-state index in [9.17, 15) is 4.79 Å². The first-order valence-electron chi connectivity index (χ1n) is 10.8. The van der Waals surface area contributed by atoms with Gasteiger partial charge in [-0.1, -0.05) is 18.2 Å². The number of amides is 1. The summed E-state index contributed by atoms with van der Waals surface area (Å²) in [6.07, 6.45) is 0.906. The monoisotopic (exact) mass is 570 g/mol. The summed E-state index contributed by atoms with van der Waals surface area (Å²) in [6.45, 7) is 6.37. The molecule has 0 bridgehead atoms. The summed E-state index contributed by atoms with van der Waals surface area (Å²) in [7, 11) is 1.65. The minimum absolute atomic E-state index is 0. The number of anilines is 2. The van der Waals surface area contributed by atoms with Crippen molar-refractivity contribution in [2.75, 3.05) is 50.7 Å². The minimum Gasteiger partial charge on any atom is -0.491 e. The normalized spacial score (nSPS) is 11.0. The highest BCUT2D eigenvalue weighted by Gasteiger charge is 2.05. The molecule has 0 aliphatic heterocycles. The fourth-order valence-electron chi connectivity index (χ4n) is 2.66. The van der Waals surface area contributed by atoms with Gasteiger partial charge in [0.25, 0.3) is 0 Å².